The molecule has 1 saturated heterocycles. The second-order valence-corrected chi connectivity index (χ2v) is 8.51. The maximum absolute atomic E-state index is 13.4. The predicted molar refractivity (Wildman–Crippen MR) is 120 cm³/mol. The Labute approximate surface area is 184 Å². The van der Waals surface area contributed by atoms with E-state index in [1.54, 1.807) is 17.0 Å². The lowest BCUT2D eigenvalue weighted by atomic mass is 10.1. The van der Waals surface area contributed by atoms with E-state index in [-0.39, 0.29) is 24.3 Å². The van der Waals surface area contributed by atoms with Gasteiger partial charge in [-0.3, -0.25) is 19.1 Å². The first-order chi connectivity index (χ1) is 15.0. The minimum atomic E-state index is -0.659. The molecule has 1 N–H and O–H groups in total. The molecular formula is C23H23ClN4O3. The molecule has 0 radical (unpaired) electrons. The average Bonchev–Trinajstić information content (AvgIpc) is 3.44. The number of hydrogen-bond donors (Lipinski definition) is 1. The Kier molecular flexibility index (Phi) is 5.16. The Morgan fingerprint density at radius 2 is 2.13 bits per heavy atom. The van der Waals surface area contributed by atoms with E-state index in [0.29, 0.717) is 29.8 Å². The van der Waals surface area contributed by atoms with E-state index in [0.717, 1.165) is 29.4 Å². The zero-order valence-corrected chi connectivity index (χ0v) is 17.9. The van der Waals surface area contributed by atoms with E-state index in [2.05, 4.69) is 5.32 Å². The van der Waals surface area contributed by atoms with Crippen LogP contribution < -0.4 is 10.2 Å². The summed E-state index contributed by atoms with van der Waals surface area (Å²) in [5, 5.41) is 3.32. The number of fused-ring (bicyclic) bond motifs is 3. The Balaban J connectivity index is 1.44. The fraction of sp³-hybridized carbons (Fsp3) is 0.348. The number of carbonyl (C=O) groups is 2. The number of anilines is 2. The minimum absolute atomic E-state index is 0.00157. The lowest BCUT2D eigenvalue weighted by Crippen LogP contribution is -2.37. The molecule has 0 unspecified atom stereocenters. The zero-order chi connectivity index (χ0) is 21.5. The van der Waals surface area contributed by atoms with Crippen molar-refractivity contribution >= 4 is 46.1 Å². The highest BCUT2D eigenvalue weighted by Gasteiger charge is 2.42. The molecule has 0 spiro atoms. The summed E-state index contributed by atoms with van der Waals surface area (Å²) in [5.74, 6) is 0.175. The molecule has 2 aliphatic heterocycles. The number of ether oxygens (including phenoxy) is 1. The summed E-state index contributed by atoms with van der Waals surface area (Å²) >= 11 is 6.26. The van der Waals surface area contributed by atoms with Gasteiger partial charge in [0.25, 0.3) is 5.91 Å². The number of carbonyl (C=O) groups excluding carboxylic acids is 2. The molecule has 0 bridgehead atoms. The first-order valence-electron chi connectivity index (χ1n) is 10.5. The van der Waals surface area contributed by atoms with E-state index >= 15 is 0 Å². The van der Waals surface area contributed by atoms with Crippen molar-refractivity contribution in [1.82, 2.24) is 9.55 Å². The van der Waals surface area contributed by atoms with Gasteiger partial charge in [-0.15, -0.1) is 0 Å². The van der Waals surface area contributed by atoms with E-state index in [4.69, 9.17) is 21.3 Å². The maximum atomic E-state index is 13.4. The van der Waals surface area contributed by atoms with Crippen molar-refractivity contribution in [3.05, 3.63) is 53.1 Å². The van der Waals surface area contributed by atoms with Crippen LogP contribution in [0.3, 0.4) is 0 Å². The summed E-state index contributed by atoms with van der Waals surface area (Å²) in [4.78, 5) is 32.6. The molecule has 2 atom stereocenters. The molecule has 8 heteroatoms. The highest BCUT2D eigenvalue weighted by atomic mass is 35.5. The summed E-state index contributed by atoms with van der Waals surface area (Å²) in [6.07, 6.45) is 1.90. The minimum Gasteiger partial charge on any atom is -0.376 e. The summed E-state index contributed by atoms with van der Waals surface area (Å²) in [7, 11) is 0. The van der Waals surface area contributed by atoms with E-state index in [1.807, 2.05) is 41.8 Å². The first-order valence-corrected chi connectivity index (χ1v) is 10.8. The van der Waals surface area contributed by atoms with Gasteiger partial charge >= 0.3 is 0 Å². The van der Waals surface area contributed by atoms with Gasteiger partial charge in [0.2, 0.25) is 11.9 Å². The predicted octanol–water partition coefficient (Wildman–Crippen LogP) is 4.09. The van der Waals surface area contributed by atoms with Crippen LogP contribution in [-0.4, -0.2) is 40.6 Å². The van der Waals surface area contributed by atoms with Crippen molar-refractivity contribution in [1.29, 1.82) is 0 Å². The third kappa shape index (κ3) is 3.68. The Morgan fingerprint density at radius 1 is 1.29 bits per heavy atom. The van der Waals surface area contributed by atoms with Gasteiger partial charge in [-0.05, 0) is 49.6 Å². The van der Waals surface area contributed by atoms with Crippen LogP contribution in [-0.2, 0) is 14.3 Å². The van der Waals surface area contributed by atoms with Crippen molar-refractivity contribution in [3.8, 4) is 0 Å². The average molecular weight is 439 g/mol. The van der Waals surface area contributed by atoms with Crippen LogP contribution in [0.1, 0.15) is 30.9 Å². The number of benzene rings is 2. The monoisotopic (exact) mass is 438 g/mol. The molecule has 3 aromatic rings. The molecule has 2 aromatic carbocycles. The van der Waals surface area contributed by atoms with Gasteiger partial charge in [0, 0.05) is 6.61 Å². The number of para-hydroxylation sites is 2. The lowest BCUT2D eigenvalue weighted by Gasteiger charge is -2.19. The largest absolute Gasteiger partial charge is 0.376 e. The molecule has 5 rings (SSSR count). The van der Waals surface area contributed by atoms with Crippen molar-refractivity contribution < 1.29 is 14.3 Å². The summed E-state index contributed by atoms with van der Waals surface area (Å²) in [6.45, 7) is 3.10. The number of imidazole rings is 1. The Bertz CT molecular complexity index is 1170. The van der Waals surface area contributed by atoms with Crippen molar-refractivity contribution in [3.63, 3.8) is 0 Å². The molecule has 0 aliphatic carbocycles. The second kappa shape index (κ2) is 7.98. The number of halogens is 1. The van der Waals surface area contributed by atoms with E-state index in [1.165, 1.54) is 0 Å². The highest BCUT2D eigenvalue weighted by molar-refractivity contribution is 6.33. The normalized spacial score (nSPS) is 20.5. The third-order valence-electron chi connectivity index (χ3n) is 5.87. The van der Waals surface area contributed by atoms with Crippen LogP contribution >= 0.6 is 11.6 Å². The lowest BCUT2D eigenvalue weighted by molar-refractivity contribution is -0.124. The molecule has 3 heterocycles. The first kappa shape index (κ1) is 20.0. The highest BCUT2D eigenvalue weighted by Crippen LogP contribution is 2.37. The van der Waals surface area contributed by atoms with Crippen LogP contribution in [0.5, 0.6) is 0 Å². The fourth-order valence-corrected chi connectivity index (χ4v) is 4.64. The number of aryl methyl sites for hydroxylation is 1. The number of nitrogens with zero attached hydrogens (tertiary/aromatic N) is 3. The standard InChI is InChI=1S/C23H23ClN4O3/c1-14-8-9-17(16(24)11-14)25-21(29)12-20-22(30)27(13-15-5-4-10-31-15)23-26-18-6-2-3-7-19(18)28(20)23/h2-3,6-9,11,15,20H,4-5,10,12-13H2,1H3,(H,25,29)/t15-,20-/m1/s1. The van der Waals surface area contributed by atoms with Gasteiger partial charge in [0.1, 0.15) is 6.04 Å². The fourth-order valence-electron chi connectivity index (χ4n) is 4.36. The van der Waals surface area contributed by atoms with Gasteiger partial charge in [0.05, 0.1) is 40.8 Å². The summed E-state index contributed by atoms with van der Waals surface area (Å²) in [6, 6.07) is 12.5. The molecule has 1 aromatic heterocycles. The van der Waals surface area contributed by atoms with Crippen LogP contribution in [0.25, 0.3) is 11.0 Å². The van der Waals surface area contributed by atoms with Crippen LogP contribution in [0.2, 0.25) is 5.02 Å². The van der Waals surface area contributed by atoms with Gasteiger partial charge in [-0.1, -0.05) is 29.8 Å². The van der Waals surface area contributed by atoms with Crippen molar-refractivity contribution in [2.45, 2.75) is 38.3 Å². The molecule has 7 nitrogen and oxygen atoms in total. The van der Waals surface area contributed by atoms with Gasteiger partial charge in [0.15, 0.2) is 0 Å². The third-order valence-corrected chi connectivity index (χ3v) is 6.18. The van der Waals surface area contributed by atoms with Gasteiger partial charge in [-0.25, -0.2) is 4.98 Å². The Morgan fingerprint density at radius 3 is 2.90 bits per heavy atom. The van der Waals surface area contributed by atoms with Crippen LogP contribution in [0, 0.1) is 6.92 Å². The number of nitrogens with one attached hydrogen (secondary N) is 1. The van der Waals surface area contributed by atoms with Gasteiger partial charge < -0.3 is 10.1 Å². The SMILES string of the molecule is Cc1ccc(NC(=O)C[C@@H]2C(=O)N(C[C@H]3CCCO3)c3nc4ccccc4n32)c(Cl)c1. The molecular weight excluding hydrogens is 416 g/mol. The van der Waals surface area contributed by atoms with Crippen LogP contribution in [0.4, 0.5) is 11.6 Å². The smallest absolute Gasteiger partial charge is 0.253 e. The van der Waals surface area contributed by atoms with Crippen molar-refractivity contribution in [2.75, 3.05) is 23.4 Å². The molecule has 2 aliphatic rings. The number of aromatic nitrogens is 2. The number of hydrogen-bond acceptors (Lipinski definition) is 4. The zero-order valence-electron chi connectivity index (χ0n) is 17.2. The topological polar surface area (TPSA) is 76.5 Å². The molecule has 2 amide bonds. The number of rotatable bonds is 5. The van der Waals surface area contributed by atoms with E-state index < -0.39 is 6.04 Å². The molecule has 1 fully saturated rings. The molecule has 31 heavy (non-hydrogen) atoms. The summed E-state index contributed by atoms with van der Waals surface area (Å²) in [5.41, 5.74) is 3.18. The number of amides is 2. The van der Waals surface area contributed by atoms with E-state index in [9.17, 15) is 9.59 Å². The van der Waals surface area contributed by atoms with Crippen LogP contribution in [0.15, 0.2) is 42.5 Å². The quantitative estimate of drug-likeness (QED) is 0.650. The maximum Gasteiger partial charge on any atom is 0.253 e. The van der Waals surface area contributed by atoms with Crippen molar-refractivity contribution in [2.24, 2.45) is 0 Å². The second-order valence-electron chi connectivity index (χ2n) is 8.11. The van der Waals surface area contributed by atoms with Gasteiger partial charge in [-0.2, -0.15) is 0 Å². The summed E-state index contributed by atoms with van der Waals surface area (Å²) < 4.78 is 7.62. The Hall–Kier alpha value is -2.90. The molecule has 0 saturated carbocycles. The molecule has 160 valence electrons.